The molecule has 0 bridgehead atoms. The summed E-state index contributed by atoms with van der Waals surface area (Å²) >= 11 is 0. The van der Waals surface area contributed by atoms with Crippen LogP contribution in [0.1, 0.15) is 11.1 Å². The molecular formula is C26H22N4O4S. The lowest BCUT2D eigenvalue weighted by Gasteiger charge is -2.07. The zero-order valence-electron chi connectivity index (χ0n) is 18.8. The number of rotatable bonds is 7. The van der Waals surface area contributed by atoms with Crippen molar-refractivity contribution in [3.63, 3.8) is 0 Å². The lowest BCUT2D eigenvalue weighted by atomic mass is 10.1. The van der Waals surface area contributed by atoms with E-state index in [2.05, 4.69) is 9.88 Å². The number of ether oxygens (including phenoxy) is 1. The summed E-state index contributed by atoms with van der Waals surface area (Å²) in [6.07, 6.45) is 3.44. The number of hydrogen-bond acceptors (Lipinski definition) is 5. The number of fused-ring (bicyclic) bond motifs is 1. The van der Waals surface area contributed by atoms with E-state index in [0.29, 0.717) is 12.2 Å². The van der Waals surface area contributed by atoms with E-state index in [1.165, 1.54) is 24.3 Å². The van der Waals surface area contributed by atoms with Crippen LogP contribution < -0.4 is 15.2 Å². The predicted molar refractivity (Wildman–Crippen MR) is 134 cm³/mol. The Morgan fingerprint density at radius 1 is 1.11 bits per heavy atom. The third-order valence-electron chi connectivity index (χ3n) is 5.41. The fraction of sp³-hybridized carbons (Fsp3) is 0.0769. The maximum atomic E-state index is 12.8. The van der Waals surface area contributed by atoms with Gasteiger partial charge in [0.05, 0.1) is 12.0 Å². The number of carbonyl (C=O) groups excluding carboxylic acids is 1. The monoisotopic (exact) mass is 486 g/mol. The zero-order valence-corrected chi connectivity index (χ0v) is 19.6. The third kappa shape index (κ3) is 5.41. The van der Waals surface area contributed by atoms with Gasteiger partial charge in [0.2, 0.25) is 10.0 Å². The second kappa shape index (κ2) is 9.85. The Balaban J connectivity index is 1.63. The van der Waals surface area contributed by atoms with Gasteiger partial charge in [0, 0.05) is 34.9 Å². The zero-order chi connectivity index (χ0) is 25.0. The molecule has 9 heteroatoms. The maximum absolute atomic E-state index is 12.8. The highest BCUT2D eigenvalue weighted by molar-refractivity contribution is 7.89. The number of methoxy groups -OCH3 is 1. The molecule has 1 heterocycles. The highest BCUT2D eigenvalue weighted by atomic mass is 32.2. The topological polar surface area (TPSA) is 127 Å². The van der Waals surface area contributed by atoms with Crippen molar-refractivity contribution in [2.24, 2.45) is 5.14 Å². The number of carbonyl (C=O) groups is 1. The summed E-state index contributed by atoms with van der Waals surface area (Å²) in [5.74, 6) is 0.153. The molecular weight excluding hydrogens is 464 g/mol. The van der Waals surface area contributed by atoms with Crippen molar-refractivity contribution in [3.8, 4) is 11.8 Å². The SMILES string of the molecule is COc1cccc(Cn2cc(C=C(C#N)C(=O)Nc3ccc(S(N)(=O)=O)cc3)c3ccccc32)c1. The fourth-order valence-corrected chi connectivity index (χ4v) is 4.23. The van der Waals surface area contributed by atoms with Gasteiger partial charge in [0.1, 0.15) is 17.4 Å². The van der Waals surface area contributed by atoms with Crippen LogP contribution >= 0.6 is 0 Å². The van der Waals surface area contributed by atoms with Crippen molar-refractivity contribution in [2.75, 3.05) is 12.4 Å². The Morgan fingerprint density at radius 2 is 1.86 bits per heavy atom. The molecule has 0 aliphatic carbocycles. The second-order valence-corrected chi connectivity index (χ2v) is 9.34. The highest BCUT2D eigenvalue weighted by Crippen LogP contribution is 2.25. The first kappa shape index (κ1) is 23.8. The van der Waals surface area contributed by atoms with Gasteiger partial charge in [-0.3, -0.25) is 4.79 Å². The van der Waals surface area contributed by atoms with Crippen molar-refractivity contribution < 1.29 is 17.9 Å². The van der Waals surface area contributed by atoms with E-state index in [0.717, 1.165) is 27.8 Å². The van der Waals surface area contributed by atoms with Crippen molar-refractivity contribution in [1.82, 2.24) is 4.57 Å². The first-order valence-corrected chi connectivity index (χ1v) is 12.1. The number of para-hydroxylation sites is 1. The molecule has 3 N–H and O–H groups in total. The third-order valence-corrected chi connectivity index (χ3v) is 6.34. The molecule has 0 radical (unpaired) electrons. The van der Waals surface area contributed by atoms with Crippen molar-refractivity contribution in [2.45, 2.75) is 11.4 Å². The van der Waals surface area contributed by atoms with Crippen LogP contribution in [0.2, 0.25) is 0 Å². The molecule has 0 fully saturated rings. The van der Waals surface area contributed by atoms with Gasteiger partial charge < -0.3 is 14.6 Å². The summed E-state index contributed by atoms with van der Waals surface area (Å²) in [6, 6.07) is 22.8. The van der Waals surface area contributed by atoms with Crippen LogP contribution in [0.15, 0.2) is 89.5 Å². The molecule has 0 atom stereocenters. The normalized spacial score (nSPS) is 11.7. The molecule has 3 aromatic carbocycles. The quantitative estimate of drug-likeness (QED) is 0.303. The molecule has 0 aliphatic rings. The molecule has 0 spiro atoms. The summed E-state index contributed by atoms with van der Waals surface area (Å²) in [7, 11) is -2.22. The number of nitrogens with one attached hydrogen (secondary N) is 1. The second-order valence-electron chi connectivity index (χ2n) is 7.77. The number of hydrogen-bond donors (Lipinski definition) is 2. The van der Waals surface area contributed by atoms with E-state index in [-0.39, 0.29) is 10.5 Å². The van der Waals surface area contributed by atoms with Crippen molar-refractivity contribution in [1.29, 1.82) is 5.26 Å². The Labute approximate surface area is 202 Å². The fourth-order valence-electron chi connectivity index (χ4n) is 3.72. The minimum Gasteiger partial charge on any atom is -0.497 e. The largest absolute Gasteiger partial charge is 0.497 e. The van der Waals surface area contributed by atoms with E-state index in [4.69, 9.17) is 9.88 Å². The Hall–Kier alpha value is -4.39. The first-order chi connectivity index (χ1) is 16.8. The van der Waals surface area contributed by atoms with Crippen LogP contribution in [-0.4, -0.2) is 26.0 Å². The summed E-state index contributed by atoms with van der Waals surface area (Å²) in [5.41, 5.74) is 2.97. The number of sulfonamides is 1. The Morgan fingerprint density at radius 3 is 2.54 bits per heavy atom. The molecule has 35 heavy (non-hydrogen) atoms. The summed E-state index contributed by atoms with van der Waals surface area (Å²) in [6.45, 7) is 0.579. The summed E-state index contributed by atoms with van der Waals surface area (Å²) < 4.78 is 30.2. The lowest BCUT2D eigenvalue weighted by molar-refractivity contribution is -0.112. The maximum Gasteiger partial charge on any atom is 0.266 e. The molecule has 0 unspecified atom stereocenters. The smallest absolute Gasteiger partial charge is 0.266 e. The molecule has 1 amide bonds. The van der Waals surface area contributed by atoms with Crippen LogP contribution in [0.25, 0.3) is 17.0 Å². The average Bonchev–Trinajstić information content (AvgIpc) is 3.19. The van der Waals surface area contributed by atoms with Crippen LogP contribution in [-0.2, 0) is 21.4 Å². The molecule has 0 aliphatic heterocycles. The molecule has 1 aromatic heterocycles. The minimum absolute atomic E-state index is 0.0737. The van der Waals surface area contributed by atoms with Gasteiger partial charge >= 0.3 is 0 Å². The number of nitriles is 1. The standard InChI is InChI=1S/C26H22N4O4S/c1-34-22-6-4-5-18(13-22)16-30-17-20(24-7-2-3-8-25(24)30)14-19(15-27)26(31)29-21-9-11-23(12-10-21)35(28,32)33/h2-14,17H,16H2,1H3,(H,29,31)(H2,28,32,33). The van der Waals surface area contributed by atoms with Crippen LogP contribution in [0.4, 0.5) is 5.69 Å². The number of benzene rings is 3. The first-order valence-electron chi connectivity index (χ1n) is 10.6. The van der Waals surface area contributed by atoms with Crippen LogP contribution in [0, 0.1) is 11.3 Å². The highest BCUT2D eigenvalue weighted by Gasteiger charge is 2.14. The summed E-state index contributed by atoms with van der Waals surface area (Å²) in [5, 5.41) is 18.3. The minimum atomic E-state index is -3.84. The number of primary sulfonamides is 1. The van der Waals surface area contributed by atoms with Crippen LogP contribution in [0.5, 0.6) is 5.75 Å². The van der Waals surface area contributed by atoms with E-state index >= 15 is 0 Å². The molecule has 176 valence electrons. The number of anilines is 1. The van der Waals surface area contributed by atoms with Crippen molar-refractivity contribution >= 4 is 38.6 Å². The summed E-state index contributed by atoms with van der Waals surface area (Å²) in [4.78, 5) is 12.7. The van der Waals surface area contributed by atoms with Crippen molar-refractivity contribution in [3.05, 3.63) is 95.7 Å². The number of amides is 1. The van der Waals surface area contributed by atoms with Gasteiger partial charge in [0.25, 0.3) is 5.91 Å². The van der Waals surface area contributed by atoms with E-state index in [9.17, 15) is 18.5 Å². The number of aromatic nitrogens is 1. The van der Waals surface area contributed by atoms with E-state index in [1.54, 1.807) is 13.2 Å². The van der Waals surface area contributed by atoms with Gasteiger partial charge in [-0.2, -0.15) is 5.26 Å². The van der Waals surface area contributed by atoms with E-state index in [1.807, 2.05) is 60.8 Å². The molecule has 8 nitrogen and oxygen atoms in total. The molecule has 0 saturated carbocycles. The van der Waals surface area contributed by atoms with Gasteiger partial charge in [-0.25, -0.2) is 13.6 Å². The van der Waals surface area contributed by atoms with Gasteiger partial charge in [-0.1, -0.05) is 30.3 Å². The number of nitrogens with two attached hydrogens (primary N) is 1. The lowest BCUT2D eigenvalue weighted by Crippen LogP contribution is -2.14. The van der Waals surface area contributed by atoms with E-state index < -0.39 is 15.9 Å². The number of nitrogens with zero attached hydrogens (tertiary/aromatic N) is 2. The Bertz CT molecular complexity index is 1580. The van der Waals surface area contributed by atoms with Gasteiger partial charge in [-0.05, 0) is 54.1 Å². The molecule has 0 saturated heterocycles. The van der Waals surface area contributed by atoms with Gasteiger partial charge in [-0.15, -0.1) is 0 Å². The molecule has 4 rings (SSSR count). The predicted octanol–water partition coefficient (Wildman–Crippen LogP) is 3.89. The average molecular weight is 487 g/mol. The van der Waals surface area contributed by atoms with Crippen LogP contribution in [0.3, 0.4) is 0 Å². The molecule has 4 aromatic rings. The van der Waals surface area contributed by atoms with Gasteiger partial charge in [0.15, 0.2) is 0 Å². The Kier molecular flexibility index (Phi) is 6.68.